The molecule has 2 heteroatoms. The number of fused-ring (bicyclic) bond motifs is 6. The van der Waals surface area contributed by atoms with Crippen LogP contribution in [-0.4, -0.2) is 9.13 Å². The predicted octanol–water partition coefficient (Wildman–Crippen LogP) is 8.00. The first kappa shape index (κ1) is 22.2. The zero-order chi connectivity index (χ0) is 25.9. The van der Waals surface area contributed by atoms with Gasteiger partial charge in [0.15, 0.2) is 0 Å². The number of rotatable bonds is 3. The molecular formula is C37H28N2. The van der Waals surface area contributed by atoms with Crippen molar-refractivity contribution >= 4 is 44.9 Å². The molecule has 0 radical (unpaired) electrons. The van der Waals surface area contributed by atoms with Gasteiger partial charge in [-0.25, -0.2) is 0 Å². The van der Waals surface area contributed by atoms with Crippen LogP contribution in [-0.2, 0) is 0 Å². The zero-order valence-corrected chi connectivity index (χ0v) is 21.9. The second-order valence-electron chi connectivity index (χ2n) is 10.7. The minimum absolute atomic E-state index is 0.574. The van der Waals surface area contributed by atoms with E-state index in [9.17, 15) is 0 Å². The lowest BCUT2D eigenvalue weighted by Gasteiger charge is -2.11. The summed E-state index contributed by atoms with van der Waals surface area (Å²) in [4.78, 5) is 0. The van der Waals surface area contributed by atoms with Crippen molar-refractivity contribution < 1.29 is 0 Å². The fraction of sp³-hybridized carbons (Fsp3) is 0.0811. The minimum atomic E-state index is 0.574. The molecule has 0 saturated carbocycles. The molecule has 8 rings (SSSR count). The van der Waals surface area contributed by atoms with Crippen LogP contribution >= 0.6 is 0 Å². The summed E-state index contributed by atoms with van der Waals surface area (Å²) in [7, 11) is 0. The second kappa shape index (κ2) is 8.61. The molecule has 0 N–H and O–H groups in total. The number of nitrogens with zero attached hydrogens (tertiary/aromatic N) is 2. The van der Waals surface area contributed by atoms with Gasteiger partial charge in [-0.3, -0.25) is 0 Å². The lowest BCUT2D eigenvalue weighted by atomic mass is 10.0. The molecule has 1 aliphatic carbocycles. The summed E-state index contributed by atoms with van der Waals surface area (Å²) in [5, 5.41) is 6.60. The van der Waals surface area contributed by atoms with Gasteiger partial charge < -0.3 is 9.13 Å². The van der Waals surface area contributed by atoms with Crippen LogP contribution in [0.15, 0.2) is 121 Å². The zero-order valence-electron chi connectivity index (χ0n) is 21.9. The van der Waals surface area contributed by atoms with E-state index in [4.69, 9.17) is 0 Å². The molecule has 39 heavy (non-hydrogen) atoms. The highest BCUT2D eigenvalue weighted by Gasteiger charge is 2.14. The van der Waals surface area contributed by atoms with Crippen LogP contribution in [0.2, 0.25) is 0 Å². The van der Waals surface area contributed by atoms with Gasteiger partial charge in [-0.15, -0.1) is 0 Å². The van der Waals surface area contributed by atoms with Gasteiger partial charge in [-0.2, -0.15) is 0 Å². The van der Waals surface area contributed by atoms with Gasteiger partial charge >= 0.3 is 0 Å². The van der Waals surface area contributed by atoms with Crippen molar-refractivity contribution in [2.75, 3.05) is 0 Å². The van der Waals surface area contributed by atoms with Gasteiger partial charge in [0.25, 0.3) is 0 Å². The molecule has 0 aliphatic heterocycles. The average Bonchev–Trinajstić information content (AvgIpc) is 3.50. The van der Waals surface area contributed by atoms with Crippen molar-refractivity contribution in [1.29, 1.82) is 0 Å². The molecule has 1 unspecified atom stereocenters. The number of benzene rings is 5. The number of hydrogen-bond acceptors (Lipinski definition) is 0. The Labute approximate surface area is 227 Å². The Morgan fingerprint density at radius 2 is 0.974 bits per heavy atom. The fourth-order valence-electron chi connectivity index (χ4n) is 6.40. The van der Waals surface area contributed by atoms with Crippen LogP contribution in [0.1, 0.15) is 13.3 Å². The Morgan fingerprint density at radius 3 is 1.54 bits per heavy atom. The highest BCUT2D eigenvalue weighted by Crippen LogP contribution is 2.32. The smallest absolute Gasteiger partial charge is 0.0541 e. The van der Waals surface area contributed by atoms with Crippen molar-refractivity contribution in [3.05, 3.63) is 132 Å². The topological polar surface area (TPSA) is 9.86 Å². The Kier molecular flexibility index (Phi) is 4.90. The van der Waals surface area contributed by atoms with E-state index in [1.54, 1.807) is 0 Å². The van der Waals surface area contributed by atoms with Crippen molar-refractivity contribution in [2.24, 2.45) is 5.92 Å². The third-order valence-corrected chi connectivity index (χ3v) is 8.25. The molecule has 0 spiro atoms. The van der Waals surface area contributed by atoms with E-state index in [-0.39, 0.29) is 0 Å². The summed E-state index contributed by atoms with van der Waals surface area (Å²) in [5.41, 5.74) is 8.58. The molecule has 0 fully saturated rings. The number of para-hydroxylation sites is 3. The van der Waals surface area contributed by atoms with Crippen molar-refractivity contribution in [3.8, 4) is 22.5 Å². The Bertz CT molecular complexity index is 2090. The molecule has 1 atom stereocenters. The van der Waals surface area contributed by atoms with E-state index in [1.165, 1.54) is 65.8 Å². The molecule has 0 amide bonds. The lowest BCUT2D eigenvalue weighted by Crippen LogP contribution is -2.31. The summed E-state index contributed by atoms with van der Waals surface area (Å²) in [6.07, 6.45) is 5.92. The van der Waals surface area contributed by atoms with Gasteiger partial charge in [0.1, 0.15) is 0 Å². The highest BCUT2D eigenvalue weighted by atomic mass is 15.0. The van der Waals surface area contributed by atoms with Gasteiger partial charge in [0.2, 0.25) is 0 Å². The summed E-state index contributed by atoms with van der Waals surface area (Å²) in [6, 6.07) is 44.1. The van der Waals surface area contributed by atoms with Crippen LogP contribution in [0.3, 0.4) is 0 Å². The highest BCUT2D eigenvalue weighted by molar-refractivity contribution is 6.09. The quantitative estimate of drug-likeness (QED) is 0.233. The van der Waals surface area contributed by atoms with E-state index in [2.05, 4.69) is 150 Å². The van der Waals surface area contributed by atoms with Gasteiger partial charge in [0.05, 0.1) is 16.6 Å². The SMILES string of the molecule is CC1C=c2c(n(-c3ccc(-c4ccc(-n5c6ccccc6c6ccccc65)cc4)cc3)c3ccccc23)=CC1. The minimum Gasteiger partial charge on any atom is -0.310 e. The maximum Gasteiger partial charge on any atom is 0.0541 e. The van der Waals surface area contributed by atoms with Crippen molar-refractivity contribution in [3.63, 3.8) is 0 Å². The molecule has 186 valence electrons. The van der Waals surface area contributed by atoms with Crippen LogP contribution in [0, 0.1) is 5.92 Å². The third-order valence-electron chi connectivity index (χ3n) is 8.25. The Balaban J connectivity index is 1.19. The van der Waals surface area contributed by atoms with Crippen molar-refractivity contribution in [1.82, 2.24) is 9.13 Å². The van der Waals surface area contributed by atoms with Crippen LogP contribution in [0.25, 0.3) is 67.4 Å². The summed E-state index contributed by atoms with van der Waals surface area (Å²) < 4.78 is 4.79. The molecule has 5 aromatic carbocycles. The summed E-state index contributed by atoms with van der Waals surface area (Å²) in [5.74, 6) is 0.574. The lowest BCUT2D eigenvalue weighted by molar-refractivity contribution is 0.795. The first-order valence-electron chi connectivity index (χ1n) is 13.8. The Morgan fingerprint density at radius 1 is 0.513 bits per heavy atom. The molecule has 1 aliphatic rings. The molecule has 0 saturated heterocycles. The molecule has 2 nitrogen and oxygen atoms in total. The van der Waals surface area contributed by atoms with E-state index >= 15 is 0 Å². The molecule has 0 bridgehead atoms. The monoisotopic (exact) mass is 500 g/mol. The average molecular weight is 501 g/mol. The maximum absolute atomic E-state index is 2.43. The molecular weight excluding hydrogens is 472 g/mol. The standard InChI is InChI=1S/C37H28N2/c1-25-14-23-37-33(24-25)32-10-4-7-13-36(32)39(37)29-21-17-27(18-22-29)26-15-19-28(20-16-26)38-34-11-5-2-8-30(34)31-9-3-6-12-35(31)38/h2-13,15-25H,14H2,1H3. The largest absolute Gasteiger partial charge is 0.310 e. The van der Waals surface area contributed by atoms with Gasteiger partial charge in [0, 0.05) is 38.1 Å². The summed E-state index contributed by atoms with van der Waals surface area (Å²) >= 11 is 0. The first-order chi connectivity index (χ1) is 19.3. The number of aromatic nitrogens is 2. The molecule has 7 aromatic rings. The van der Waals surface area contributed by atoms with Gasteiger partial charge in [-0.1, -0.05) is 97.9 Å². The third kappa shape index (κ3) is 3.42. The van der Waals surface area contributed by atoms with Crippen LogP contribution in [0.5, 0.6) is 0 Å². The van der Waals surface area contributed by atoms with E-state index < -0.39 is 0 Å². The van der Waals surface area contributed by atoms with E-state index in [1.807, 2.05) is 0 Å². The normalized spacial score (nSPS) is 14.8. The fourth-order valence-corrected chi connectivity index (χ4v) is 6.40. The van der Waals surface area contributed by atoms with Crippen LogP contribution in [0.4, 0.5) is 0 Å². The van der Waals surface area contributed by atoms with Crippen molar-refractivity contribution in [2.45, 2.75) is 13.3 Å². The van der Waals surface area contributed by atoms with Gasteiger partial charge in [-0.05, 0) is 65.9 Å². The van der Waals surface area contributed by atoms with E-state index in [0.29, 0.717) is 5.92 Å². The Hall–Kier alpha value is -4.82. The molecule has 2 aromatic heterocycles. The predicted molar refractivity (Wildman–Crippen MR) is 165 cm³/mol. The first-order valence-corrected chi connectivity index (χ1v) is 13.8. The van der Waals surface area contributed by atoms with E-state index in [0.717, 1.165) is 6.42 Å². The summed E-state index contributed by atoms with van der Waals surface area (Å²) in [6.45, 7) is 2.30. The maximum atomic E-state index is 2.43. The van der Waals surface area contributed by atoms with Crippen LogP contribution < -0.4 is 10.6 Å². The second-order valence-corrected chi connectivity index (χ2v) is 10.7. The number of hydrogen-bond donors (Lipinski definition) is 0. The molecule has 2 heterocycles.